The van der Waals surface area contributed by atoms with Crippen LogP contribution < -0.4 is 0 Å². The lowest BCUT2D eigenvalue weighted by Crippen LogP contribution is -2.09. The summed E-state index contributed by atoms with van der Waals surface area (Å²) in [6.45, 7) is 1.95. The molecule has 0 amide bonds. The highest BCUT2D eigenvalue weighted by Gasteiger charge is 2.42. The lowest BCUT2D eigenvalue weighted by molar-refractivity contribution is 0.334. The van der Waals surface area contributed by atoms with Crippen LogP contribution in [0.3, 0.4) is 0 Å². The summed E-state index contributed by atoms with van der Waals surface area (Å²) in [5.74, 6) is 0. The van der Waals surface area contributed by atoms with Crippen LogP contribution in [0.15, 0.2) is 48.5 Å². The van der Waals surface area contributed by atoms with Gasteiger partial charge in [-0.3, -0.25) is 9.13 Å². The van der Waals surface area contributed by atoms with Gasteiger partial charge in [-0.2, -0.15) is 0 Å². The first-order chi connectivity index (χ1) is 11.6. The molecule has 0 fully saturated rings. The molecule has 2 aromatic carbocycles. The van der Waals surface area contributed by atoms with Crippen molar-refractivity contribution in [3.8, 4) is 11.1 Å². The van der Waals surface area contributed by atoms with Crippen LogP contribution in [-0.2, 0) is 15.6 Å². The number of aryl methyl sites for hydroxylation is 2. The average Bonchev–Trinajstić information content (AvgIpc) is 2.51. The van der Waals surface area contributed by atoms with Crippen molar-refractivity contribution in [1.82, 2.24) is 0 Å². The fourth-order valence-corrected chi connectivity index (χ4v) is 5.40. The van der Waals surface area contributed by atoms with Gasteiger partial charge < -0.3 is 19.6 Å². The normalized spacial score (nSPS) is 12.6. The van der Waals surface area contributed by atoms with Crippen molar-refractivity contribution >= 4 is 15.2 Å². The van der Waals surface area contributed by atoms with E-state index in [0.717, 1.165) is 22.3 Å². The molecular formula is C17H22O6P2. The standard InChI is InChI=1S/C17H22O6P2/c1-13-12-16(15-6-3-2-4-7-15)11-10-14(13)8-5-9-17(24(18,19)20)25(21,22)23/h2-4,6-7,10-12,17H,5,8-9H2,1H3,(H2,18,19,20)(H2,21,22,23). The van der Waals surface area contributed by atoms with Gasteiger partial charge in [0.15, 0.2) is 5.40 Å². The average molecular weight is 384 g/mol. The van der Waals surface area contributed by atoms with Gasteiger partial charge in [-0.15, -0.1) is 0 Å². The second-order valence-corrected chi connectivity index (χ2v) is 10.1. The summed E-state index contributed by atoms with van der Waals surface area (Å²) in [4.78, 5) is 36.6. The third-order valence-corrected chi connectivity index (χ3v) is 8.01. The van der Waals surface area contributed by atoms with Crippen LogP contribution in [0.4, 0.5) is 0 Å². The molecule has 6 nitrogen and oxygen atoms in total. The van der Waals surface area contributed by atoms with Crippen LogP contribution in [-0.4, -0.2) is 25.0 Å². The van der Waals surface area contributed by atoms with Gasteiger partial charge in [0.05, 0.1) is 0 Å². The number of hydrogen-bond acceptors (Lipinski definition) is 2. The highest BCUT2D eigenvalue weighted by molar-refractivity contribution is 7.70. The predicted molar refractivity (Wildman–Crippen MR) is 97.4 cm³/mol. The highest BCUT2D eigenvalue weighted by atomic mass is 31.2. The Morgan fingerprint density at radius 1 is 0.880 bits per heavy atom. The largest absolute Gasteiger partial charge is 0.340 e. The topological polar surface area (TPSA) is 115 Å². The van der Waals surface area contributed by atoms with Crippen LogP contribution in [0, 0.1) is 6.92 Å². The summed E-state index contributed by atoms with van der Waals surface area (Å²) in [6.07, 6.45) is 0.554. The van der Waals surface area contributed by atoms with Gasteiger partial charge in [-0.25, -0.2) is 0 Å². The van der Waals surface area contributed by atoms with E-state index in [1.165, 1.54) is 0 Å². The van der Waals surface area contributed by atoms with Crippen LogP contribution >= 0.6 is 15.2 Å². The molecule has 0 unspecified atom stereocenters. The summed E-state index contributed by atoms with van der Waals surface area (Å²) < 4.78 is 22.6. The lowest BCUT2D eigenvalue weighted by Gasteiger charge is -2.19. The second kappa shape index (κ2) is 7.96. The van der Waals surface area contributed by atoms with Crippen molar-refractivity contribution < 1.29 is 28.7 Å². The monoisotopic (exact) mass is 384 g/mol. The van der Waals surface area contributed by atoms with E-state index in [-0.39, 0.29) is 12.8 Å². The Hall–Kier alpha value is -1.26. The smallest absolute Gasteiger partial charge is 0.324 e. The molecule has 8 heteroatoms. The minimum absolute atomic E-state index is 0.228. The zero-order chi connectivity index (χ0) is 18.7. The molecule has 0 bridgehead atoms. The Balaban J connectivity index is 2.06. The van der Waals surface area contributed by atoms with Crippen molar-refractivity contribution in [2.45, 2.75) is 31.6 Å². The third-order valence-electron chi connectivity index (χ3n) is 4.13. The molecule has 0 aliphatic carbocycles. The molecule has 0 heterocycles. The fourth-order valence-electron chi connectivity index (χ4n) is 2.79. The van der Waals surface area contributed by atoms with E-state index >= 15 is 0 Å². The summed E-state index contributed by atoms with van der Waals surface area (Å²) in [5.41, 5.74) is 4.20. The third kappa shape index (κ3) is 5.61. The Labute approximate surface area is 146 Å². The second-order valence-electron chi connectivity index (χ2n) is 6.06. The number of hydrogen-bond donors (Lipinski definition) is 4. The van der Waals surface area contributed by atoms with Crippen molar-refractivity contribution in [2.24, 2.45) is 0 Å². The van der Waals surface area contributed by atoms with Crippen molar-refractivity contribution in [3.05, 3.63) is 59.7 Å². The molecule has 0 saturated heterocycles. The molecule has 0 aliphatic heterocycles. The Bertz CT molecular complexity index is 787. The Morgan fingerprint density at radius 3 is 2.00 bits per heavy atom. The first-order valence-electron chi connectivity index (χ1n) is 7.84. The molecule has 4 N–H and O–H groups in total. The van der Waals surface area contributed by atoms with Gasteiger partial charge in [0, 0.05) is 0 Å². The van der Waals surface area contributed by atoms with Crippen LogP contribution in [0.1, 0.15) is 24.0 Å². The summed E-state index contributed by atoms with van der Waals surface area (Å²) >= 11 is 0. The van der Waals surface area contributed by atoms with Crippen molar-refractivity contribution in [1.29, 1.82) is 0 Å². The quantitative estimate of drug-likeness (QED) is 0.542. The Morgan fingerprint density at radius 2 is 1.48 bits per heavy atom. The molecule has 0 radical (unpaired) electrons. The van der Waals surface area contributed by atoms with E-state index in [0.29, 0.717) is 6.42 Å². The SMILES string of the molecule is Cc1cc(-c2ccccc2)ccc1CCCC(P(=O)(O)O)P(=O)(O)O. The first kappa shape index (κ1) is 20.1. The molecule has 2 aromatic rings. The maximum atomic E-state index is 11.3. The fraction of sp³-hybridized carbons (Fsp3) is 0.294. The predicted octanol–water partition coefficient (Wildman–Crippen LogP) is 3.67. The molecule has 136 valence electrons. The van der Waals surface area contributed by atoms with E-state index in [1.54, 1.807) is 0 Å². The van der Waals surface area contributed by atoms with E-state index in [2.05, 4.69) is 0 Å². The minimum Gasteiger partial charge on any atom is -0.324 e. The minimum atomic E-state index is -4.84. The maximum Gasteiger partial charge on any atom is 0.340 e. The van der Waals surface area contributed by atoms with Crippen molar-refractivity contribution in [2.75, 3.05) is 0 Å². The van der Waals surface area contributed by atoms with Crippen molar-refractivity contribution in [3.63, 3.8) is 0 Å². The van der Waals surface area contributed by atoms with Crippen LogP contribution in [0.2, 0.25) is 0 Å². The lowest BCUT2D eigenvalue weighted by atomic mass is 9.97. The van der Waals surface area contributed by atoms with E-state index < -0.39 is 20.6 Å². The van der Waals surface area contributed by atoms with Gasteiger partial charge in [0.2, 0.25) is 0 Å². The summed E-state index contributed by atoms with van der Waals surface area (Å²) in [6, 6.07) is 15.9. The molecule has 0 aliphatic rings. The summed E-state index contributed by atoms with van der Waals surface area (Å²) in [5, 5.41) is -1.93. The van der Waals surface area contributed by atoms with E-state index in [1.807, 2.05) is 55.5 Å². The molecular weight excluding hydrogens is 362 g/mol. The molecule has 0 saturated carbocycles. The van der Waals surface area contributed by atoms with E-state index in [9.17, 15) is 9.13 Å². The zero-order valence-electron chi connectivity index (χ0n) is 13.8. The summed E-state index contributed by atoms with van der Waals surface area (Å²) in [7, 11) is -9.68. The Kier molecular flexibility index (Phi) is 6.39. The highest BCUT2D eigenvalue weighted by Crippen LogP contribution is 2.61. The van der Waals surface area contributed by atoms with Gasteiger partial charge in [0.25, 0.3) is 0 Å². The molecule has 0 atom stereocenters. The van der Waals surface area contributed by atoms with Gasteiger partial charge in [-0.05, 0) is 48.4 Å². The zero-order valence-corrected chi connectivity index (χ0v) is 15.6. The van der Waals surface area contributed by atoms with Crippen LogP contribution in [0.25, 0.3) is 11.1 Å². The van der Waals surface area contributed by atoms with E-state index in [4.69, 9.17) is 19.6 Å². The number of benzene rings is 2. The molecule has 0 aromatic heterocycles. The molecule has 25 heavy (non-hydrogen) atoms. The van der Waals surface area contributed by atoms with Crippen LogP contribution in [0.5, 0.6) is 0 Å². The first-order valence-corrected chi connectivity index (χ1v) is 11.2. The molecule has 2 rings (SSSR count). The van der Waals surface area contributed by atoms with Gasteiger partial charge >= 0.3 is 15.2 Å². The maximum absolute atomic E-state index is 11.3. The number of rotatable bonds is 7. The molecule has 0 spiro atoms. The van der Waals surface area contributed by atoms with Gasteiger partial charge in [0.1, 0.15) is 0 Å². The van der Waals surface area contributed by atoms with Gasteiger partial charge in [-0.1, -0.05) is 48.5 Å².